The third-order valence-corrected chi connectivity index (χ3v) is 6.26. The van der Waals surface area contributed by atoms with Crippen molar-refractivity contribution in [2.75, 3.05) is 38.2 Å². The van der Waals surface area contributed by atoms with E-state index < -0.39 is 0 Å². The van der Waals surface area contributed by atoms with Crippen molar-refractivity contribution in [1.29, 1.82) is 0 Å². The summed E-state index contributed by atoms with van der Waals surface area (Å²) >= 11 is 0. The Bertz CT molecular complexity index is 769. The van der Waals surface area contributed by atoms with E-state index in [1.54, 1.807) is 13.3 Å². The highest BCUT2D eigenvalue weighted by Crippen LogP contribution is 2.23. The van der Waals surface area contributed by atoms with Crippen LogP contribution in [0.25, 0.3) is 0 Å². The van der Waals surface area contributed by atoms with Crippen LogP contribution in [-0.4, -0.2) is 65.0 Å². The van der Waals surface area contributed by atoms with Crippen molar-refractivity contribution in [3.8, 4) is 0 Å². The normalized spacial score (nSPS) is 20.8. The number of rotatable bonds is 6. The smallest absolute Gasteiger partial charge is 0.255 e. The first kappa shape index (κ1) is 19.9. The lowest BCUT2D eigenvalue weighted by Gasteiger charge is -2.33. The monoisotopic (exact) mass is 397 g/mol. The predicted octanol–water partition coefficient (Wildman–Crippen LogP) is 2.84. The largest absolute Gasteiger partial charge is 0.380 e. The molecule has 2 aliphatic rings. The first-order valence-electron chi connectivity index (χ1n) is 10.7. The quantitative estimate of drug-likeness (QED) is 0.750. The molecule has 2 aromatic rings. The number of pyridine rings is 1. The van der Waals surface area contributed by atoms with Crippen LogP contribution < -0.4 is 4.90 Å². The van der Waals surface area contributed by atoms with Crippen molar-refractivity contribution in [2.45, 2.75) is 44.8 Å². The fourth-order valence-electron chi connectivity index (χ4n) is 4.39. The fraction of sp³-hybridized carbons (Fsp3) is 0.591. The Balaban J connectivity index is 1.27. The van der Waals surface area contributed by atoms with Crippen molar-refractivity contribution >= 4 is 11.7 Å². The van der Waals surface area contributed by atoms with E-state index in [0.717, 1.165) is 70.6 Å². The van der Waals surface area contributed by atoms with Crippen molar-refractivity contribution in [1.82, 2.24) is 19.7 Å². The van der Waals surface area contributed by atoms with Gasteiger partial charge in [0.25, 0.3) is 5.91 Å². The van der Waals surface area contributed by atoms with Crippen LogP contribution in [0.3, 0.4) is 0 Å². The van der Waals surface area contributed by atoms with Gasteiger partial charge >= 0.3 is 0 Å². The molecular formula is C22H31N5O2. The summed E-state index contributed by atoms with van der Waals surface area (Å²) in [6, 6.07) is 5.86. The summed E-state index contributed by atoms with van der Waals surface area (Å²) in [6.07, 6.45) is 11.3. The SMILES string of the molecule is COC1CCCN(c2ccc(C(=O)N3CCC(CCn4cccn4)CC3)cn2)C1. The molecule has 0 saturated carbocycles. The maximum atomic E-state index is 12.9. The third-order valence-electron chi connectivity index (χ3n) is 6.26. The number of ether oxygens (including phenoxy) is 1. The van der Waals surface area contributed by atoms with E-state index in [-0.39, 0.29) is 12.0 Å². The number of carbonyl (C=O) groups excluding carboxylic acids is 1. The Morgan fingerprint density at radius 3 is 2.76 bits per heavy atom. The van der Waals surface area contributed by atoms with Crippen molar-refractivity contribution < 1.29 is 9.53 Å². The summed E-state index contributed by atoms with van der Waals surface area (Å²) in [6.45, 7) is 4.46. The topological polar surface area (TPSA) is 63.5 Å². The lowest BCUT2D eigenvalue weighted by Crippen LogP contribution is -2.40. The van der Waals surface area contributed by atoms with Crippen LogP contribution in [0.5, 0.6) is 0 Å². The molecule has 2 saturated heterocycles. The standard InChI is InChI=1S/C22H31N5O2/c1-29-20-4-2-11-26(17-20)21-6-5-19(16-23-21)22(28)25-13-7-18(8-14-25)9-15-27-12-3-10-24-27/h3,5-6,10,12,16,18,20H,2,4,7-9,11,13-15,17H2,1H3. The Labute approximate surface area is 172 Å². The summed E-state index contributed by atoms with van der Waals surface area (Å²) in [7, 11) is 1.77. The van der Waals surface area contributed by atoms with Crippen LogP contribution in [0.15, 0.2) is 36.8 Å². The van der Waals surface area contributed by atoms with Gasteiger partial charge in [0.05, 0.1) is 11.7 Å². The molecule has 156 valence electrons. The summed E-state index contributed by atoms with van der Waals surface area (Å²) < 4.78 is 7.48. The van der Waals surface area contributed by atoms with Crippen molar-refractivity contribution in [2.24, 2.45) is 5.92 Å². The van der Waals surface area contributed by atoms with Gasteiger partial charge in [-0.3, -0.25) is 9.48 Å². The molecule has 0 aliphatic carbocycles. The van der Waals surface area contributed by atoms with Gasteiger partial charge in [0.1, 0.15) is 5.82 Å². The number of likely N-dealkylation sites (tertiary alicyclic amines) is 1. The van der Waals surface area contributed by atoms with Gasteiger partial charge in [-0.1, -0.05) is 0 Å². The number of aromatic nitrogens is 3. The van der Waals surface area contributed by atoms with Gasteiger partial charge in [0.2, 0.25) is 0 Å². The van der Waals surface area contributed by atoms with Gasteiger partial charge in [-0.25, -0.2) is 4.98 Å². The number of carbonyl (C=O) groups is 1. The first-order valence-corrected chi connectivity index (χ1v) is 10.7. The number of amides is 1. The highest BCUT2D eigenvalue weighted by atomic mass is 16.5. The molecule has 0 bridgehead atoms. The molecular weight excluding hydrogens is 366 g/mol. The van der Waals surface area contributed by atoms with E-state index in [0.29, 0.717) is 11.5 Å². The summed E-state index contributed by atoms with van der Waals surface area (Å²) in [5.41, 5.74) is 0.684. The third kappa shape index (κ3) is 4.96. The average molecular weight is 398 g/mol. The number of hydrogen-bond donors (Lipinski definition) is 0. The maximum Gasteiger partial charge on any atom is 0.255 e. The second-order valence-electron chi connectivity index (χ2n) is 8.14. The average Bonchev–Trinajstić information content (AvgIpc) is 3.31. The number of anilines is 1. The molecule has 2 aromatic heterocycles. The molecule has 7 heteroatoms. The van der Waals surface area contributed by atoms with E-state index in [9.17, 15) is 4.79 Å². The number of methoxy groups -OCH3 is 1. The van der Waals surface area contributed by atoms with E-state index in [1.807, 2.05) is 40.2 Å². The van der Waals surface area contributed by atoms with Gasteiger partial charge in [-0.15, -0.1) is 0 Å². The van der Waals surface area contributed by atoms with E-state index in [1.165, 1.54) is 0 Å². The zero-order valence-corrected chi connectivity index (χ0v) is 17.2. The molecule has 0 N–H and O–H groups in total. The van der Waals surface area contributed by atoms with Crippen LogP contribution in [-0.2, 0) is 11.3 Å². The molecule has 0 radical (unpaired) electrons. The minimum atomic E-state index is 0.1000. The lowest BCUT2D eigenvalue weighted by molar-refractivity contribution is 0.0684. The molecule has 2 fully saturated rings. The first-order chi connectivity index (χ1) is 14.2. The lowest BCUT2D eigenvalue weighted by atomic mass is 9.93. The minimum absolute atomic E-state index is 0.1000. The summed E-state index contributed by atoms with van der Waals surface area (Å²) in [5.74, 6) is 1.69. The molecule has 1 amide bonds. The van der Waals surface area contributed by atoms with Gasteiger partial charge in [-0.2, -0.15) is 5.10 Å². The number of aryl methyl sites for hydroxylation is 1. The molecule has 4 heterocycles. The molecule has 0 spiro atoms. The molecule has 4 rings (SSSR count). The van der Waals surface area contributed by atoms with E-state index in [2.05, 4.69) is 15.0 Å². The van der Waals surface area contributed by atoms with E-state index in [4.69, 9.17) is 4.74 Å². The molecule has 7 nitrogen and oxygen atoms in total. The molecule has 1 unspecified atom stereocenters. The Hall–Kier alpha value is -2.41. The van der Waals surface area contributed by atoms with Crippen molar-refractivity contribution in [3.05, 3.63) is 42.4 Å². The number of piperidine rings is 2. The highest BCUT2D eigenvalue weighted by Gasteiger charge is 2.25. The van der Waals surface area contributed by atoms with Crippen LogP contribution in [0.1, 0.15) is 42.5 Å². The van der Waals surface area contributed by atoms with Crippen LogP contribution in [0.2, 0.25) is 0 Å². The van der Waals surface area contributed by atoms with E-state index >= 15 is 0 Å². The van der Waals surface area contributed by atoms with Gasteiger partial charge in [0, 0.05) is 58.4 Å². The summed E-state index contributed by atoms with van der Waals surface area (Å²) in [4.78, 5) is 21.7. The van der Waals surface area contributed by atoms with Crippen molar-refractivity contribution in [3.63, 3.8) is 0 Å². The number of hydrogen-bond acceptors (Lipinski definition) is 5. The zero-order valence-electron chi connectivity index (χ0n) is 17.2. The molecule has 0 aromatic carbocycles. The van der Waals surface area contributed by atoms with Gasteiger partial charge in [-0.05, 0) is 56.2 Å². The van der Waals surface area contributed by atoms with Crippen LogP contribution in [0.4, 0.5) is 5.82 Å². The van der Waals surface area contributed by atoms with Gasteiger partial charge in [0.15, 0.2) is 0 Å². The van der Waals surface area contributed by atoms with Crippen LogP contribution in [0, 0.1) is 5.92 Å². The molecule has 29 heavy (non-hydrogen) atoms. The van der Waals surface area contributed by atoms with Crippen LogP contribution >= 0.6 is 0 Å². The minimum Gasteiger partial charge on any atom is -0.380 e. The Morgan fingerprint density at radius 1 is 1.21 bits per heavy atom. The highest BCUT2D eigenvalue weighted by molar-refractivity contribution is 5.94. The molecule has 2 aliphatic heterocycles. The summed E-state index contributed by atoms with van der Waals surface area (Å²) in [5, 5.41) is 4.27. The fourth-order valence-corrected chi connectivity index (χ4v) is 4.39. The predicted molar refractivity (Wildman–Crippen MR) is 112 cm³/mol. The number of nitrogens with zero attached hydrogens (tertiary/aromatic N) is 5. The Morgan fingerprint density at radius 2 is 2.07 bits per heavy atom. The second kappa shape index (κ2) is 9.39. The molecule has 1 atom stereocenters. The maximum absolute atomic E-state index is 12.9. The second-order valence-corrected chi connectivity index (χ2v) is 8.14. The Kier molecular flexibility index (Phi) is 6.44. The van der Waals surface area contributed by atoms with Gasteiger partial charge < -0.3 is 14.5 Å². The zero-order chi connectivity index (χ0) is 20.1.